The van der Waals surface area contributed by atoms with Crippen molar-refractivity contribution < 1.29 is 24.8 Å². The summed E-state index contributed by atoms with van der Waals surface area (Å²) in [4.78, 5) is 23.9. The van der Waals surface area contributed by atoms with Crippen LogP contribution in [0, 0.1) is 0 Å². The maximum absolute atomic E-state index is 12.5. The minimum absolute atomic E-state index is 0.0162. The Morgan fingerprint density at radius 2 is 1.00 bits per heavy atom. The molecule has 0 spiro atoms. The highest BCUT2D eigenvalue weighted by Crippen LogP contribution is 2.42. The van der Waals surface area contributed by atoms with Gasteiger partial charge in [0.15, 0.2) is 5.75 Å². The zero-order chi connectivity index (χ0) is 28.0. The summed E-state index contributed by atoms with van der Waals surface area (Å²) in [7, 11) is 0. The number of rotatable bonds is 25. The fourth-order valence-electron chi connectivity index (χ4n) is 5.26. The van der Waals surface area contributed by atoms with Crippen molar-refractivity contribution in [2.75, 3.05) is 6.61 Å². The standard InChI is InChI=1S/C33H58O5/c1-5-9-13-17-18-22-26-37-38-32-29(25-21-16-12-8-4)27(23-19-14-10-6-2)28(24-20-15-11-7-3)30(31(32)34)33(35)36/h34H,5-26H2,1-4H3,(H,35,36). The molecule has 1 rings (SSSR count). The van der Waals surface area contributed by atoms with Gasteiger partial charge in [-0.1, -0.05) is 118 Å². The summed E-state index contributed by atoms with van der Waals surface area (Å²) in [6, 6.07) is 0. The molecular formula is C33H58O5. The third-order valence-corrected chi connectivity index (χ3v) is 7.53. The first-order chi connectivity index (χ1) is 18.5. The van der Waals surface area contributed by atoms with E-state index in [1.165, 1.54) is 38.5 Å². The number of unbranched alkanes of at least 4 members (excludes halogenated alkanes) is 14. The third kappa shape index (κ3) is 12.9. The first-order valence-corrected chi connectivity index (χ1v) is 15.9. The molecule has 0 saturated heterocycles. The number of aromatic hydroxyl groups is 1. The molecule has 0 bridgehead atoms. The highest BCUT2D eigenvalue weighted by Gasteiger charge is 2.28. The number of phenols is 1. The van der Waals surface area contributed by atoms with E-state index >= 15 is 0 Å². The van der Waals surface area contributed by atoms with Gasteiger partial charge in [-0.05, 0) is 56.1 Å². The van der Waals surface area contributed by atoms with Crippen molar-refractivity contribution in [3.63, 3.8) is 0 Å². The molecular weight excluding hydrogens is 476 g/mol. The van der Waals surface area contributed by atoms with Gasteiger partial charge in [0.2, 0.25) is 5.75 Å². The molecule has 0 fully saturated rings. The smallest absolute Gasteiger partial charge is 0.339 e. The van der Waals surface area contributed by atoms with E-state index < -0.39 is 5.97 Å². The van der Waals surface area contributed by atoms with Gasteiger partial charge in [-0.15, -0.1) is 0 Å². The second-order valence-electron chi connectivity index (χ2n) is 10.9. The molecule has 0 amide bonds. The Morgan fingerprint density at radius 3 is 1.50 bits per heavy atom. The molecule has 1 aromatic carbocycles. The van der Waals surface area contributed by atoms with Crippen molar-refractivity contribution >= 4 is 5.97 Å². The average Bonchev–Trinajstić information content (AvgIpc) is 2.90. The number of aromatic carboxylic acids is 1. The predicted octanol–water partition coefficient (Wildman–Crippen LogP) is 10.1. The van der Waals surface area contributed by atoms with Crippen LogP contribution in [-0.4, -0.2) is 22.8 Å². The van der Waals surface area contributed by atoms with Gasteiger partial charge in [0, 0.05) is 5.56 Å². The molecule has 0 heterocycles. The molecule has 0 aliphatic heterocycles. The minimum atomic E-state index is -1.08. The molecule has 0 aromatic heterocycles. The minimum Gasteiger partial charge on any atom is -0.504 e. The predicted molar refractivity (Wildman–Crippen MR) is 159 cm³/mol. The lowest BCUT2D eigenvalue weighted by Crippen LogP contribution is -2.14. The highest BCUT2D eigenvalue weighted by molar-refractivity contribution is 5.94. The Labute approximate surface area is 233 Å². The molecule has 38 heavy (non-hydrogen) atoms. The number of hydrogen-bond acceptors (Lipinski definition) is 4. The summed E-state index contributed by atoms with van der Waals surface area (Å²) in [5.74, 6) is -1.09. The Balaban J connectivity index is 3.30. The van der Waals surface area contributed by atoms with Gasteiger partial charge in [0.1, 0.15) is 5.56 Å². The van der Waals surface area contributed by atoms with Gasteiger partial charge in [0.25, 0.3) is 0 Å². The van der Waals surface area contributed by atoms with Crippen molar-refractivity contribution in [2.45, 2.75) is 163 Å². The maximum Gasteiger partial charge on any atom is 0.339 e. The van der Waals surface area contributed by atoms with Gasteiger partial charge < -0.3 is 15.1 Å². The molecule has 5 heteroatoms. The van der Waals surface area contributed by atoms with Crippen LogP contribution >= 0.6 is 0 Å². The van der Waals surface area contributed by atoms with Crippen molar-refractivity contribution in [3.05, 3.63) is 22.3 Å². The number of benzene rings is 1. The maximum atomic E-state index is 12.5. The monoisotopic (exact) mass is 534 g/mol. The van der Waals surface area contributed by atoms with Gasteiger partial charge in [-0.3, -0.25) is 0 Å². The van der Waals surface area contributed by atoms with Crippen LogP contribution in [0.1, 0.15) is 170 Å². The van der Waals surface area contributed by atoms with E-state index in [9.17, 15) is 15.0 Å². The van der Waals surface area contributed by atoms with Crippen LogP contribution < -0.4 is 4.89 Å². The lowest BCUT2D eigenvalue weighted by molar-refractivity contribution is -0.208. The molecule has 5 nitrogen and oxygen atoms in total. The molecule has 2 N–H and O–H groups in total. The summed E-state index contributed by atoms with van der Waals surface area (Å²) in [5, 5.41) is 21.5. The van der Waals surface area contributed by atoms with Crippen LogP contribution in [0.15, 0.2) is 0 Å². The summed E-state index contributed by atoms with van der Waals surface area (Å²) < 4.78 is 0. The van der Waals surface area contributed by atoms with E-state index in [-0.39, 0.29) is 17.1 Å². The van der Waals surface area contributed by atoms with E-state index in [0.29, 0.717) is 13.0 Å². The van der Waals surface area contributed by atoms with Crippen molar-refractivity contribution in [2.24, 2.45) is 0 Å². The summed E-state index contributed by atoms with van der Waals surface area (Å²) >= 11 is 0. The van der Waals surface area contributed by atoms with Crippen LogP contribution in [0.2, 0.25) is 0 Å². The average molecular weight is 535 g/mol. The molecule has 0 aliphatic carbocycles. The highest BCUT2D eigenvalue weighted by atomic mass is 17.2. The number of carboxylic acids is 1. The van der Waals surface area contributed by atoms with Crippen molar-refractivity contribution in [1.29, 1.82) is 0 Å². The lowest BCUT2D eigenvalue weighted by atomic mass is 9.85. The fourth-order valence-corrected chi connectivity index (χ4v) is 5.26. The normalized spacial score (nSPS) is 11.3. The van der Waals surface area contributed by atoms with Crippen LogP contribution in [0.3, 0.4) is 0 Å². The summed E-state index contributed by atoms with van der Waals surface area (Å²) in [5.41, 5.74) is 2.88. The zero-order valence-corrected chi connectivity index (χ0v) is 25.2. The number of carbonyl (C=O) groups is 1. The summed E-state index contributed by atoms with van der Waals surface area (Å²) in [6.07, 6.45) is 22.3. The summed E-state index contributed by atoms with van der Waals surface area (Å²) in [6.45, 7) is 9.23. The lowest BCUT2D eigenvalue weighted by Gasteiger charge is -2.22. The van der Waals surface area contributed by atoms with E-state index in [2.05, 4.69) is 27.7 Å². The van der Waals surface area contributed by atoms with Crippen molar-refractivity contribution in [3.8, 4) is 11.5 Å². The Morgan fingerprint density at radius 1 is 0.579 bits per heavy atom. The largest absolute Gasteiger partial charge is 0.504 e. The topological polar surface area (TPSA) is 76.0 Å². The van der Waals surface area contributed by atoms with E-state index in [4.69, 9.17) is 9.78 Å². The van der Waals surface area contributed by atoms with Crippen molar-refractivity contribution in [1.82, 2.24) is 0 Å². The number of carboxylic acid groups (broad SMARTS) is 1. The first kappa shape index (κ1) is 34.3. The number of hydrogen-bond donors (Lipinski definition) is 2. The van der Waals surface area contributed by atoms with Gasteiger partial charge in [0.05, 0.1) is 6.61 Å². The quantitative estimate of drug-likeness (QED) is 0.0741. The molecule has 220 valence electrons. The van der Waals surface area contributed by atoms with Gasteiger partial charge >= 0.3 is 5.97 Å². The SMILES string of the molecule is CCCCCCCCOOc1c(O)c(C(=O)O)c(CCCCCC)c(CCCCCC)c1CCCCCC. The van der Waals surface area contributed by atoms with Crippen LogP contribution in [0.5, 0.6) is 11.5 Å². The van der Waals surface area contributed by atoms with E-state index in [1.807, 2.05) is 0 Å². The fraction of sp³-hybridized carbons (Fsp3) is 0.788. The van der Waals surface area contributed by atoms with Crippen LogP contribution in [-0.2, 0) is 24.2 Å². The van der Waals surface area contributed by atoms with Gasteiger partial charge in [-0.2, -0.15) is 4.89 Å². The van der Waals surface area contributed by atoms with E-state index in [1.54, 1.807) is 0 Å². The first-order valence-electron chi connectivity index (χ1n) is 15.9. The van der Waals surface area contributed by atoms with Crippen LogP contribution in [0.4, 0.5) is 0 Å². The molecule has 0 atom stereocenters. The second-order valence-corrected chi connectivity index (χ2v) is 10.9. The van der Waals surface area contributed by atoms with E-state index in [0.717, 1.165) is 107 Å². The van der Waals surface area contributed by atoms with Crippen LogP contribution in [0.25, 0.3) is 0 Å². The molecule has 0 unspecified atom stereocenters. The molecule has 0 radical (unpaired) electrons. The Hall–Kier alpha value is -1.75. The Bertz CT molecular complexity index is 758. The molecule has 1 aromatic rings. The zero-order valence-electron chi connectivity index (χ0n) is 25.2. The second kappa shape index (κ2) is 22.1. The third-order valence-electron chi connectivity index (χ3n) is 7.53. The Kier molecular flexibility index (Phi) is 19.9. The molecule has 0 saturated carbocycles. The molecule has 0 aliphatic rings. The van der Waals surface area contributed by atoms with Gasteiger partial charge in [-0.25, -0.2) is 4.79 Å².